The summed E-state index contributed by atoms with van der Waals surface area (Å²) >= 11 is 0. The molecule has 0 saturated heterocycles. The summed E-state index contributed by atoms with van der Waals surface area (Å²) in [6.45, 7) is 13.6. The maximum atomic E-state index is 12.6. The minimum Gasteiger partial charge on any atom is -0.464 e. The number of hydrogen-bond acceptors (Lipinski definition) is 23. The first-order chi connectivity index (χ1) is 37.1. The standard InChI is InChI=1S/C53H86N10O15.CH4/c1-11-45(65)52(72)60-58-42(6)14-20-44(64)13-12-26-62(27-32-74-47(67)21-15-38(2)54-8)28-33-75-51(71)25-19-43(7)59-61-53(73)46(66)37-57-41(5)18-24-50(70)78-36-31-63(29-34-76-48(68)22-16-39(3)55-9)30-35-77-49(69)23-17-40(4)56-10;/h11-37H2,1-10H3,(H,60,72)(H,61,73);1H4/b54-38?,55-39?,56-40?,57-41?,58-42+,59-43+;. The van der Waals surface area contributed by atoms with Gasteiger partial charge in [0.05, 0.1) is 32.1 Å². The molecular formula is C54H90N10O15. The number of rotatable bonds is 44. The number of ketones is 3. The fraction of sp³-hybridized carbons (Fsp3) is 0.704. The average molecular weight is 1120 g/mol. The summed E-state index contributed by atoms with van der Waals surface area (Å²) in [4.78, 5) is 142. The van der Waals surface area contributed by atoms with Gasteiger partial charge < -0.3 is 23.7 Å². The molecule has 0 bridgehead atoms. The third-order valence-corrected chi connectivity index (χ3v) is 11.7. The summed E-state index contributed by atoms with van der Waals surface area (Å²) in [5.41, 5.74) is 8.11. The van der Waals surface area contributed by atoms with Gasteiger partial charge in [-0.25, -0.2) is 10.9 Å². The van der Waals surface area contributed by atoms with E-state index in [0.717, 1.165) is 17.1 Å². The van der Waals surface area contributed by atoms with Crippen molar-refractivity contribution < 1.29 is 71.6 Å². The molecule has 25 nitrogen and oxygen atoms in total. The Labute approximate surface area is 466 Å². The molecule has 0 atom stereocenters. The lowest BCUT2D eigenvalue weighted by Gasteiger charge is -2.22. The van der Waals surface area contributed by atoms with Crippen molar-refractivity contribution in [1.29, 1.82) is 0 Å². The van der Waals surface area contributed by atoms with Crippen LogP contribution in [0.2, 0.25) is 0 Å². The zero-order chi connectivity index (χ0) is 58.7. The second kappa shape index (κ2) is 46.2. The van der Waals surface area contributed by atoms with Gasteiger partial charge in [-0.15, -0.1) is 0 Å². The summed E-state index contributed by atoms with van der Waals surface area (Å²) in [6.07, 6.45) is 3.45. The van der Waals surface area contributed by atoms with E-state index in [1.165, 1.54) is 0 Å². The molecule has 0 unspecified atom stereocenters. The van der Waals surface area contributed by atoms with Crippen molar-refractivity contribution in [3.05, 3.63) is 0 Å². The number of nitrogens with one attached hydrogen (secondary N) is 2. The monoisotopic (exact) mass is 1120 g/mol. The smallest absolute Gasteiger partial charge is 0.309 e. The lowest BCUT2D eigenvalue weighted by atomic mass is 10.1. The second-order valence-corrected chi connectivity index (χ2v) is 18.1. The van der Waals surface area contributed by atoms with Crippen LogP contribution in [-0.4, -0.2) is 203 Å². The number of Topliss-reactive ketones (excluding diaryl/α,β-unsaturated/α-hetero) is 3. The third-order valence-electron chi connectivity index (χ3n) is 11.7. The maximum Gasteiger partial charge on any atom is 0.309 e. The Morgan fingerprint density at radius 2 is 0.684 bits per heavy atom. The van der Waals surface area contributed by atoms with Crippen molar-refractivity contribution in [3.8, 4) is 0 Å². The van der Waals surface area contributed by atoms with E-state index in [1.54, 1.807) is 48.8 Å². The number of amides is 2. The van der Waals surface area contributed by atoms with E-state index in [4.69, 9.17) is 23.7 Å². The van der Waals surface area contributed by atoms with Gasteiger partial charge in [0.25, 0.3) is 0 Å². The van der Waals surface area contributed by atoms with Crippen LogP contribution in [0.15, 0.2) is 30.2 Å². The number of carbonyl (C=O) groups is 10. The minimum absolute atomic E-state index is 0. The van der Waals surface area contributed by atoms with Crippen LogP contribution < -0.4 is 10.9 Å². The Morgan fingerprint density at radius 3 is 1.03 bits per heavy atom. The first kappa shape index (κ1) is 74.3. The Kier molecular flexibility index (Phi) is 43.4. The lowest BCUT2D eigenvalue weighted by molar-refractivity contribution is -0.146. The van der Waals surface area contributed by atoms with Crippen molar-refractivity contribution in [3.63, 3.8) is 0 Å². The summed E-state index contributed by atoms with van der Waals surface area (Å²) < 4.78 is 26.9. The maximum absolute atomic E-state index is 12.6. The van der Waals surface area contributed by atoms with Crippen LogP contribution in [0.3, 0.4) is 0 Å². The van der Waals surface area contributed by atoms with Crippen molar-refractivity contribution in [2.24, 2.45) is 30.2 Å². The number of hydrazone groups is 2. The third kappa shape index (κ3) is 41.9. The molecule has 2 amide bonds. The Bertz CT molecular complexity index is 2110. The van der Waals surface area contributed by atoms with Crippen LogP contribution in [0.5, 0.6) is 0 Å². The fourth-order valence-corrected chi connectivity index (χ4v) is 6.22. The number of hydrogen-bond donors (Lipinski definition) is 2. The largest absolute Gasteiger partial charge is 0.464 e. The van der Waals surface area contributed by atoms with Crippen LogP contribution in [0, 0.1) is 0 Å². The van der Waals surface area contributed by atoms with Gasteiger partial charge >= 0.3 is 41.7 Å². The molecule has 0 spiro atoms. The molecule has 0 fully saturated rings. The van der Waals surface area contributed by atoms with E-state index in [0.29, 0.717) is 75.4 Å². The molecule has 446 valence electrons. The topological polar surface area (TPSA) is 322 Å². The normalized spacial score (nSPS) is 12.4. The number of carbonyl (C=O) groups excluding carboxylic acids is 10. The molecular weight excluding hydrogens is 1030 g/mol. The number of ether oxygens (including phenoxy) is 5. The molecule has 0 aliphatic carbocycles. The second-order valence-electron chi connectivity index (χ2n) is 18.1. The van der Waals surface area contributed by atoms with E-state index in [-0.39, 0.29) is 141 Å². The molecule has 0 aliphatic heterocycles. The van der Waals surface area contributed by atoms with Crippen molar-refractivity contribution >= 4 is 93.3 Å². The van der Waals surface area contributed by atoms with E-state index in [1.807, 2.05) is 30.6 Å². The summed E-state index contributed by atoms with van der Waals surface area (Å²) in [5.74, 6) is -5.51. The van der Waals surface area contributed by atoms with Gasteiger partial charge in [-0.2, -0.15) is 10.2 Å². The summed E-state index contributed by atoms with van der Waals surface area (Å²) in [6, 6.07) is 0. The molecule has 0 aliphatic rings. The highest BCUT2D eigenvalue weighted by molar-refractivity contribution is 6.37. The molecule has 2 N–H and O–H groups in total. The van der Waals surface area contributed by atoms with Crippen molar-refractivity contribution in [1.82, 2.24) is 20.7 Å². The molecule has 0 aromatic heterocycles. The van der Waals surface area contributed by atoms with Crippen LogP contribution in [0.25, 0.3) is 0 Å². The van der Waals surface area contributed by atoms with Crippen molar-refractivity contribution in [2.45, 2.75) is 152 Å². The zero-order valence-corrected chi connectivity index (χ0v) is 47.8. The molecule has 79 heavy (non-hydrogen) atoms. The Morgan fingerprint density at radius 1 is 0.380 bits per heavy atom. The van der Waals surface area contributed by atoms with Gasteiger partial charge in [0.2, 0.25) is 11.6 Å². The first-order valence-corrected chi connectivity index (χ1v) is 26.4. The Balaban J connectivity index is 0. The Hall–Kier alpha value is -6.76. The van der Waals surface area contributed by atoms with Crippen molar-refractivity contribution in [2.75, 3.05) is 100.0 Å². The molecule has 25 heteroatoms. The van der Waals surface area contributed by atoms with E-state index in [2.05, 4.69) is 41.0 Å². The number of aliphatic imine (C=N–C) groups is 4. The zero-order valence-electron chi connectivity index (χ0n) is 47.8. The average Bonchev–Trinajstić information content (AvgIpc) is 3.42. The fourth-order valence-electron chi connectivity index (χ4n) is 6.22. The van der Waals surface area contributed by atoms with E-state index >= 15 is 0 Å². The SMILES string of the molecule is C.CCC(=O)C(=O)N/N=C(\C)CCC(=O)CCCN(CCOC(=O)CCC(C)=NC)CCOC(=O)CC/C(C)=N/NC(=O)C(=O)CN=C(C)CCC(=O)OCCN(CCOC(=O)CCC(C)=NC)CCOC(=O)CCC(C)=NC. The van der Waals surface area contributed by atoms with Gasteiger partial charge in [0, 0.05) is 107 Å². The lowest BCUT2D eigenvalue weighted by Crippen LogP contribution is -2.35. The molecule has 0 heterocycles. The minimum atomic E-state index is -1.02. The molecule has 0 aromatic carbocycles. The quantitative estimate of drug-likeness (QED) is 0.0283. The molecule has 0 rings (SSSR count). The van der Waals surface area contributed by atoms with Crippen LogP contribution >= 0.6 is 0 Å². The predicted octanol–water partition coefficient (Wildman–Crippen LogP) is 4.24. The van der Waals surface area contributed by atoms with E-state index < -0.39 is 41.9 Å². The summed E-state index contributed by atoms with van der Waals surface area (Å²) in [5, 5.41) is 7.78. The highest BCUT2D eigenvalue weighted by Crippen LogP contribution is 2.06. The highest BCUT2D eigenvalue weighted by atomic mass is 16.5. The van der Waals surface area contributed by atoms with Gasteiger partial charge in [-0.05, 0) is 93.0 Å². The van der Waals surface area contributed by atoms with E-state index in [9.17, 15) is 47.9 Å². The van der Waals surface area contributed by atoms with Gasteiger partial charge in [0.1, 0.15) is 45.4 Å². The van der Waals surface area contributed by atoms with Crippen LogP contribution in [0.1, 0.15) is 152 Å². The predicted molar refractivity (Wildman–Crippen MR) is 302 cm³/mol. The molecule has 0 saturated carbocycles. The van der Waals surface area contributed by atoms with Crippen LogP contribution in [-0.2, 0) is 71.6 Å². The first-order valence-electron chi connectivity index (χ1n) is 26.4. The summed E-state index contributed by atoms with van der Waals surface area (Å²) in [7, 11) is 4.95. The molecule has 0 aromatic rings. The highest BCUT2D eigenvalue weighted by Gasteiger charge is 2.17. The van der Waals surface area contributed by atoms with Crippen LogP contribution in [0.4, 0.5) is 0 Å². The number of nitrogens with zero attached hydrogens (tertiary/aromatic N) is 8. The number of esters is 5. The van der Waals surface area contributed by atoms with Gasteiger partial charge in [-0.1, -0.05) is 14.4 Å². The van der Waals surface area contributed by atoms with Gasteiger partial charge in [-0.3, -0.25) is 77.7 Å². The molecule has 0 radical (unpaired) electrons. The van der Waals surface area contributed by atoms with Gasteiger partial charge in [0.15, 0.2) is 0 Å².